The third-order valence-electron chi connectivity index (χ3n) is 2.31. The Labute approximate surface area is 107 Å². The zero-order valence-electron chi connectivity index (χ0n) is 10.4. The predicted molar refractivity (Wildman–Crippen MR) is 68.0 cm³/mol. The summed E-state index contributed by atoms with van der Waals surface area (Å²) in [4.78, 5) is 0. The van der Waals surface area contributed by atoms with Gasteiger partial charge in [-0.2, -0.15) is 0 Å². The van der Waals surface area contributed by atoms with Gasteiger partial charge in [-0.25, -0.2) is 0 Å². The summed E-state index contributed by atoms with van der Waals surface area (Å²) < 4.78 is 10.3. The monoisotopic (exact) mass is 255 g/mol. The number of ether oxygens (including phenoxy) is 2. The SMILES string of the molecule is NC(O)(COCCOCCO)Cc1ccccc1. The molecule has 18 heavy (non-hydrogen) atoms. The van der Waals surface area contributed by atoms with Gasteiger partial charge in [0.1, 0.15) is 5.72 Å². The van der Waals surface area contributed by atoms with Gasteiger partial charge < -0.3 is 25.4 Å². The highest BCUT2D eigenvalue weighted by molar-refractivity contribution is 5.16. The van der Waals surface area contributed by atoms with Crippen LogP contribution in [0.15, 0.2) is 30.3 Å². The average molecular weight is 255 g/mol. The second-order valence-electron chi connectivity index (χ2n) is 4.15. The third-order valence-corrected chi connectivity index (χ3v) is 2.31. The predicted octanol–water partition coefficient (Wildman–Crippen LogP) is -0.0981. The molecule has 102 valence electrons. The molecule has 0 amide bonds. The highest BCUT2D eigenvalue weighted by atomic mass is 16.5. The number of nitrogens with two attached hydrogens (primary N) is 1. The number of rotatable bonds is 9. The molecule has 5 heteroatoms. The van der Waals surface area contributed by atoms with Crippen molar-refractivity contribution in [3.63, 3.8) is 0 Å². The van der Waals surface area contributed by atoms with Gasteiger partial charge in [0.25, 0.3) is 0 Å². The minimum Gasteiger partial charge on any atom is -0.394 e. The van der Waals surface area contributed by atoms with Gasteiger partial charge in [-0.3, -0.25) is 0 Å². The number of hydrogen-bond acceptors (Lipinski definition) is 5. The molecule has 0 aliphatic rings. The quantitative estimate of drug-likeness (QED) is 0.424. The average Bonchev–Trinajstić information content (AvgIpc) is 2.34. The van der Waals surface area contributed by atoms with Gasteiger partial charge in [0.2, 0.25) is 0 Å². The first-order valence-corrected chi connectivity index (χ1v) is 5.95. The summed E-state index contributed by atoms with van der Waals surface area (Å²) in [5.41, 5.74) is 5.32. The zero-order chi connectivity index (χ0) is 13.3. The van der Waals surface area contributed by atoms with Crippen LogP contribution in [0.4, 0.5) is 0 Å². The standard InChI is InChI=1S/C13H21NO4/c14-13(16,10-12-4-2-1-3-5-12)11-18-9-8-17-7-6-15/h1-5,15-16H,6-11,14H2. The Morgan fingerprint density at radius 1 is 1.06 bits per heavy atom. The van der Waals surface area contributed by atoms with E-state index >= 15 is 0 Å². The molecule has 0 aliphatic carbocycles. The fraction of sp³-hybridized carbons (Fsp3) is 0.538. The second-order valence-corrected chi connectivity index (χ2v) is 4.15. The summed E-state index contributed by atoms with van der Waals surface area (Å²) in [5, 5.41) is 18.4. The lowest BCUT2D eigenvalue weighted by atomic mass is 10.0. The van der Waals surface area contributed by atoms with Crippen LogP contribution in [0.25, 0.3) is 0 Å². The van der Waals surface area contributed by atoms with Crippen LogP contribution >= 0.6 is 0 Å². The molecule has 4 N–H and O–H groups in total. The zero-order valence-corrected chi connectivity index (χ0v) is 10.4. The van der Waals surface area contributed by atoms with Crippen LogP contribution in [-0.4, -0.2) is 49.0 Å². The van der Waals surface area contributed by atoms with Crippen molar-refractivity contribution in [1.29, 1.82) is 0 Å². The lowest BCUT2D eigenvalue weighted by Crippen LogP contribution is -2.46. The molecule has 1 atom stereocenters. The van der Waals surface area contributed by atoms with E-state index in [1.54, 1.807) is 0 Å². The highest BCUT2D eigenvalue weighted by Gasteiger charge is 2.21. The molecule has 0 saturated carbocycles. The first-order valence-electron chi connectivity index (χ1n) is 5.95. The van der Waals surface area contributed by atoms with Crippen LogP contribution < -0.4 is 5.73 Å². The molecule has 1 aromatic carbocycles. The Bertz CT molecular complexity index is 316. The summed E-state index contributed by atoms with van der Waals surface area (Å²) in [6.07, 6.45) is 0.339. The van der Waals surface area contributed by atoms with Crippen molar-refractivity contribution < 1.29 is 19.7 Å². The first-order chi connectivity index (χ1) is 8.64. The van der Waals surface area contributed by atoms with E-state index in [9.17, 15) is 5.11 Å². The van der Waals surface area contributed by atoms with E-state index in [-0.39, 0.29) is 13.2 Å². The van der Waals surface area contributed by atoms with E-state index in [4.69, 9.17) is 20.3 Å². The molecular weight excluding hydrogens is 234 g/mol. The summed E-state index contributed by atoms with van der Waals surface area (Å²) in [6, 6.07) is 9.52. The van der Waals surface area contributed by atoms with Crippen molar-refractivity contribution in [3.05, 3.63) is 35.9 Å². The number of aliphatic hydroxyl groups is 2. The maximum Gasteiger partial charge on any atom is 0.141 e. The molecule has 0 fully saturated rings. The molecule has 0 heterocycles. The van der Waals surface area contributed by atoms with Crippen LogP contribution in [0, 0.1) is 0 Å². The fourth-order valence-electron chi connectivity index (χ4n) is 1.53. The van der Waals surface area contributed by atoms with Gasteiger partial charge in [0.05, 0.1) is 33.0 Å². The minimum atomic E-state index is -1.38. The lowest BCUT2D eigenvalue weighted by molar-refractivity contribution is -0.0559. The van der Waals surface area contributed by atoms with Crippen molar-refractivity contribution in [2.45, 2.75) is 12.1 Å². The van der Waals surface area contributed by atoms with E-state index in [0.29, 0.717) is 26.2 Å². The van der Waals surface area contributed by atoms with Crippen molar-refractivity contribution in [1.82, 2.24) is 0 Å². The smallest absolute Gasteiger partial charge is 0.141 e. The number of aliphatic hydroxyl groups excluding tert-OH is 1. The van der Waals surface area contributed by atoms with Gasteiger partial charge in [-0.15, -0.1) is 0 Å². The van der Waals surface area contributed by atoms with E-state index in [1.807, 2.05) is 30.3 Å². The summed E-state index contributed by atoms with van der Waals surface area (Å²) in [7, 11) is 0. The van der Waals surface area contributed by atoms with Crippen LogP contribution in [0.2, 0.25) is 0 Å². The molecule has 0 radical (unpaired) electrons. The molecule has 0 spiro atoms. The van der Waals surface area contributed by atoms with Gasteiger partial charge in [0.15, 0.2) is 0 Å². The Hall–Kier alpha value is -0.980. The summed E-state index contributed by atoms with van der Waals surface area (Å²) >= 11 is 0. The van der Waals surface area contributed by atoms with E-state index in [1.165, 1.54) is 0 Å². The molecule has 0 saturated heterocycles. The van der Waals surface area contributed by atoms with E-state index in [0.717, 1.165) is 5.56 Å². The van der Waals surface area contributed by atoms with Crippen LogP contribution in [0.1, 0.15) is 5.56 Å². The topological polar surface area (TPSA) is 84.9 Å². The molecule has 0 bridgehead atoms. The van der Waals surface area contributed by atoms with Crippen molar-refractivity contribution in [3.8, 4) is 0 Å². The molecule has 0 aliphatic heterocycles. The van der Waals surface area contributed by atoms with E-state index < -0.39 is 5.72 Å². The Morgan fingerprint density at radius 3 is 2.39 bits per heavy atom. The maximum absolute atomic E-state index is 9.94. The summed E-state index contributed by atoms with van der Waals surface area (Å²) in [6.45, 7) is 1.05. The Morgan fingerprint density at radius 2 is 1.72 bits per heavy atom. The fourth-order valence-corrected chi connectivity index (χ4v) is 1.53. The molecule has 1 unspecified atom stereocenters. The normalized spacial score (nSPS) is 14.4. The number of hydrogen-bond donors (Lipinski definition) is 3. The minimum absolute atomic E-state index is 0.00513. The third kappa shape index (κ3) is 6.68. The summed E-state index contributed by atoms with van der Waals surface area (Å²) in [5.74, 6) is 0. The highest BCUT2D eigenvalue weighted by Crippen LogP contribution is 2.08. The molecule has 5 nitrogen and oxygen atoms in total. The van der Waals surface area contributed by atoms with Crippen molar-refractivity contribution in [2.24, 2.45) is 5.73 Å². The molecule has 1 rings (SSSR count). The largest absolute Gasteiger partial charge is 0.394 e. The second kappa shape index (κ2) is 8.18. The molecule has 0 aromatic heterocycles. The van der Waals surface area contributed by atoms with Crippen LogP contribution in [0.5, 0.6) is 0 Å². The number of benzene rings is 1. The van der Waals surface area contributed by atoms with Gasteiger partial charge in [-0.1, -0.05) is 30.3 Å². The lowest BCUT2D eigenvalue weighted by Gasteiger charge is -2.23. The van der Waals surface area contributed by atoms with E-state index in [2.05, 4.69) is 0 Å². The van der Waals surface area contributed by atoms with Crippen molar-refractivity contribution >= 4 is 0 Å². The van der Waals surface area contributed by atoms with Crippen LogP contribution in [-0.2, 0) is 15.9 Å². The van der Waals surface area contributed by atoms with Crippen molar-refractivity contribution in [2.75, 3.05) is 33.0 Å². The molecule has 1 aromatic rings. The van der Waals surface area contributed by atoms with Gasteiger partial charge >= 0.3 is 0 Å². The first kappa shape index (κ1) is 15.1. The molecular formula is C13H21NO4. The maximum atomic E-state index is 9.94. The van der Waals surface area contributed by atoms with Crippen LogP contribution in [0.3, 0.4) is 0 Å². The van der Waals surface area contributed by atoms with Gasteiger partial charge in [-0.05, 0) is 5.56 Å². The Kier molecular flexibility index (Phi) is 6.85. The Balaban J connectivity index is 2.19. The van der Waals surface area contributed by atoms with Gasteiger partial charge in [0, 0.05) is 6.42 Å².